The van der Waals surface area contributed by atoms with Crippen LogP contribution < -0.4 is 5.32 Å². The predicted octanol–water partition coefficient (Wildman–Crippen LogP) is 2.92. The second kappa shape index (κ2) is 6.23. The van der Waals surface area contributed by atoms with Gasteiger partial charge in [0, 0.05) is 11.3 Å². The summed E-state index contributed by atoms with van der Waals surface area (Å²) in [5, 5.41) is 2.71. The summed E-state index contributed by atoms with van der Waals surface area (Å²) in [5.74, 6) is -2.48. The fourth-order valence-corrected chi connectivity index (χ4v) is 2.51. The quantitative estimate of drug-likeness (QED) is 0.692. The number of hydrogen-bond donors (Lipinski definition) is 1. The minimum atomic E-state index is -0.896. The van der Waals surface area contributed by atoms with Gasteiger partial charge in [0.1, 0.15) is 5.82 Å². The van der Waals surface area contributed by atoms with E-state index in [9.17, 15) is 18.8 Å². The number of anilines is 1. The molecule has 2 aromatic rings. The van der Waals surface area contributed by atoms with Gasteiger partial charge in [-0.05, 0) is 42.8 Å². The first kappa shape index (κ1) is 15.9. The summed E-state index contributed by atoms with van der Waals surface area (Å²) in [6, 6.07) is 10.2. The van der Waals surface area contributed by atoms with Crippen molar-refractivity contribution in [2.75, 3.05) is 11.9 Å². The average Bonchev–Trinajstić information content (AvgIpc) is 2.87. The molecule has 24 heavy (non-hydrogen) atoms. The maximum Gasteiger partial charge on any atom is 0.341 e. The number of ketones is 1. The van der Waals surface area contributed by atoms with Gasteiger partial charge >= 0.3 is 5.97 Å². The lowest BCUT2D eigenvalue weighted by Crippen LogP contribution is -2.15. The molecule has 122 valence electrons. The van der Waals surface area contributed by atoms with Gasteiger partial charge in [-0.2, -0.15) is 0 Å². The highest BCUT2D eigenvalue weighted by atomic mass is 19.1. The number of Topliss-reactive ketones (excluding diaryl/α,β-unsaturated/α-hetero) is 1. The van der Waals surface area contributed by atoms with E-state index in [0.29, 0.717) is 11.3 Å². The van der Waals surface area contributed by atoms with Crippen LogP contribution in [0.2, 0.25) is 0 Å². The van der Waals surface area contributed by atoms with E-state index in [4.69, 9.17) is 4.74 Å². The summed E-state index contributed by atoms with van der Waals surface area (Å²) in [6.07, 6.45) is 0. The molecule has 1 amide bonds. The molecular weight excluding hydrogens is 313 g/mol. The van der Waals surface area contributed by atoms with E-state index in [1.807, 2.05) is 0 Å². The van der Waals surface area contributed by atoms with Gasteiger partial charge in [-0.1, -0.05) is 12.1 Å². The molecule has 0 fully saturated rings. The van der Waals surface area contributed by atoms with Crippen molar-refractivity contribution in [3.63, 3.8) is 0 Å². The number of carbonyl (C=O) groups is 3. The number of amides is 1. The van der Waals surface area contributed by atoms with E-state index in [1.54, 1.807) is 25.1 Å². The molecule has 5 nitrogen and oxygen atoms in total. The lowest BCUT2D eigenvalue weighted by Gasteiger charge is -2.07. The second-order valence-corrected chi connectivity index (χ2v) is 5.49. The Hall–Kier alpha value is -3.02. The third-order valence-electron chi connectivity index (χ3n) is 3.92. The molecule has 2 aromatic carbocycles. The molecule has 0 radical (unpaired) electrons. The summed E-state index contributed by atoms with van der Waals surface area (Å²) in [4.78, 5) is 35.6. The topological polar surface area (TPSA) is 72.5 Å². The molecule has 0 saturated heterocycles. The van der Waals surface area contributed by atoms with Crippen molar-refractivity contribution in [1.82, 2.24) is 0 Å². The summed E-state index contributed by atoms with van der Waals surface area (Å²) in [5.41, 5.74) is 1.51. The van der Waals surface area contributed by atoms with Crippen molar-refractivity contribution in [2.24, 2.45) is 0 Å². The zero-order chi connectivity index (χ0) is 17.3. The molecule has 1 atom stereocenters. The Labute approximate surface area is 137 Å². The molecule has 1 N–H and O–H groups in total. The third-order valence-corrected chi connectivity index (χ3v) is 3.92. The van der Waals surface area contributed by atoms with Crippen LogP contribution in [-0.2, 0) is 9.53 Å². The van der Waals surface area contributed by atoms with Crippen LogP contribution in [0.25, 0.3) is 0 Å². The van der Waals surface area contributed by atoms with Crippen LogP contribution in [0.1, 0.15) is 39.1 Å². The number of halogens is 1. The molecule has 0 bridgehead atoms. The van der Waals surface area contributed by atoms with Crippen molar-refractivity contribution >= 4 is 23.3 Å². The number of nitrogens with one attached hydrogen (secondary N) is 1. The third kappa shape index (κ3) is 2.90. The van der Waals surface area contributed by atoms with Crippen LogP contribution in [0.3, 0.4) is 0 Å². The number of carbonyl (C=O) groups excluding carboxylic acids is 3. The van der Waals surface area contributed by atoms with Crippen LogP contribution in [0.5, 0.6) is 0 Å². The van der Waals surface area contributed by atoms with Gasteiger partial charge < -0.3 is 10.1 Å². The fraction of sp³-hybridized carbons (Fsp3) is 0.167. The minimum absolute atomic E-state index is 0.124. The number of esters is 1. The monoisotopic (exact) mass is 327 g/mol. The van der Waals surface area contributed by atoms with Crippen LogP contribution in [0.4, 0.5) is 10.1 Å². The highest BCUT2D eigenvalue weighted by Gasteiger charge is 2.27. The zero-order valence-corrected chi connectivity index (χ0v) is 12.8. The van der Waals surface area contributed by atoms with Gasteiger partial charge in [0.2, 0.25) is 5.91 Å². The lowest BCUT2D eigenvalue weighted by molar-refractivity contribution is -0.116. The summed E-state index contributed by atoms with van der Waals surface area (Å²) >= 11 is 0. The van der Waals surface area contributed by atoms with Crippen LogP contribution in [-0.4, -0.2) is 24.3 Å². The van der Waals surface area contributed by atoms with E-state index < -0.39 is 24.2 Å². The van der Waals surface area contributed by atoms with Crippen molar-refractivity contribution in [1.29, 1.82) is 0 Å². The Morgan fingerprint density at radius 3 is 2.71 bits per heavy atom. The van der Waals surface area contributed by atoms with E-state index >= 15 is 0 Å². The predicted molar refractivity (Wildman–Crippen MR) is 84.5 cm³/mol. The Morgan fingerprint density at radius 1 is 1.21 bits per heavy atom. The van der Waals surface area contributed by atoms with Crippen LogP contribution >= 0.6 is 0 Å². The van der Waals surface area contributed by atoms with Crippen molar-refractivity contribution in [2.45, 2.75) is 12.8 Å². The van der Waals surface area contributed by atoms with Gasteiger partial charge in [-0.3, -0.25) is 9.59 Å². The number of fused-ring (bicyclic) bond motifs is 1. The number of ether oxygens (including phenoxy) is 1. The maximum atomic E-state index is 13.5. The van der Waals surface area contributed by atoms with Crippen molar-refractivity contribution in [3.8, 4) is 0 Å². The number of rotatable bonds is 4. The first-order valence-corrected chi connectivity index (χ1v) is 7.37. The van der Waals surface area contributed by atoms with Crippen LogP contribution in [0.15, 0.2) is 42.5 Å². The average molecular weight is 327 g/mol. The van der Waals surface area contributed by atoms with E-state index in [2.05, 4.69) is 5.32 Å². The van der Waals surface area contributed by atoms with E-state index in [0.717, 1.165) is 11.6 Å². The Morgan fingerprint density at radius 2 is 1.96 bits per heavy atom. The summed E-state index contributed by atoms with van der Waals surface area (Å²) < 4.78 is 18.4. The SMILES string of the molecule is C[C@H]1C(=O)Nc2ccc(C(=O)COC(=O)c3ccccc3F)cc21. The number of benzene rings is 2. The molecule has 0 unspecified atom stereocenters. The molecule has 0 saturated carbocycles. The van der Waals surface area contributed by atoms with Gasteiger partial charge in [-0.15, -0.1) is 0 Å². The number of hydrogen-bond acceptors (Lipinski definition) is 4. The molecule has 6 heteroatoms. The van der Waals surface area contributed by atoms with E-state index in [-0.39, 0.29) is 17.4 Å². The first-order chi connectivity index (χ1) is 11.5. The Balaban J connectivity index is 1.69. The summed E-state index contributed by atoms with van der Waals surface area (Å²) in [7, 11) is 0. The van der Waals surface area contributed by atoms with Gasteiger partial charge in [-0.25, -0.2) is 9.18 Å². The molecule has 0 aromatic heterocycles. The van der Waals surface area contributed by atoms with E-state index in [1.165, 1.54) is 18.2 Å². The van der Waals surface area contributed by atoms with Gasteiger partial charge in [0.15, 0.2) is 12.4 Å². The minimum Gasteiger partial charge on any atom is -0.454 e. The van der Waals surface area contributed by atoms with Gasteiger partial charge in [0.05, 0.1) is 11.5 Å². The zero-order valence-electron chi connectivity index (χ0n) is 12.8. The Bertz CT molecular complexity index is 847. The summed E-state index contributed by atoms with van der Waals surface area (Å²) in [6.45, 7) is 1.25. The normalized spacial score (nSPS) is 15.6. The van der Waals surface area contributed by atoms with Gasteiger partial charge in [0.25, 0.3) is 0 Å². The smallest absolute Gasteiger partial charge is 0.341 e. The standard InChI is InChI=1S/C18H14FNO4/c1-10-13-8-11(6-7-15(13)20-17(10)22)16(21)9-24-18(23)12-4-2-3-5-14(12)19/h2-8,10H,9H2,1H3,(H,20,22)/t10-/m1/s1. The Kier molecular flexibility index (Phi) is 4.12. The van der Waals surface area contributed by atoms with Crippen molar-refractivity contribution in [3.05, 3.63) is 65.0 Å². The van der Waals surface area contributed by atoms with Crippen LogP contribution in [0, 0.1) is 5.82 Å². The molecule has 0 spiro atoms. The molecular formula is C18H14FNO4. The molecule has 3 rings (SSSR count). The lowest BCUT2D eigenvalue weighted by atomic mass is 9.99. The molecule has 1 heterocycles. The fourth-order valence-electron chi connectivity index (χ4n) is 2.51. The van der Waals surface area contributed by atoms with Crippen molar-refractivity contribution < 1.29 is 23.5 Å². The molecule has 1 aliphatic heterocycles. The second-order valence-electron chi connectivity index (χ2n) is 5.49. The molecule has 1 aliphatic rings. The highest BCUT2D eigenvalue weighted by molar-refractivity contribution is 6.05. The highest BCUT2D eigenvalue weighted by Crippen LogP contribution is 2.32. The molecule has 0 aliphatic carbocycles. The largest absolute Gasteiger partial charge is 0.454 e. The maximum absolute atomic E-state index is 13.5. The first-order valence-electron chi connectivity index (χ1n) is 7.37.